The van der Waals surface area contributed by atoms with Gasteiger partial charge in [0, 0.05) is 13.0 Å². The maximum absolute atomic E-state index is 12.5. The lowest BCUT2D eigenvalue weighted by Crippen LogP contribution is -2.51. The Balaban J connectivity index is 2.45. The highest BCUT2D eigenvalue weighted by Crippen LogP contribution is 2.29. The molecule has 1 aliphatic rings. The first-order valence-corrected chi connectivity index (χ1v) is 8.56. The third-order valence-electron chi connectivity index (χ3n) is 4.31. The van der Waals surface area contributed by atoms with E-state index in [-0.39, 0.29) is 38.1 Å². The summed E-state index contributed by atoms with van der Waals surface area (Å²) < 4.78 is 5.06. The summed E-state index contributed by atoms with van der Waals surface area (Å²) in [6.07, 6.45) is 5.61. The SMILES string of the molecule is C=CCC(CC(=O)NCCOCCO)C(=O)NC1(CO)CCCC1. The van der Waals surface area contributed by atoms with Crippen molar-refractivity contribution < 1.29 is 24.5 Å². The van der Waals surface area contributed by atoms with Crippen LogP contribution in [0.2, 0.25) is 0 Å². The normalized spacial score (nSPS) is 17.2. The number of amides is 2. The van der Waals surface area contributed by atoms with E-state index in [4.69, 9.17) is 9.84 Å². The third-order valence-corrected chi connectivity index (χ3v) is 4.31. The van der Waals surface area contributed by atoms with Gasteiger partial charge in [-0.3, -0.25) is 9.59 Å². The third kappa shape index (κ3) is 6.98. The molecule has 1 saturated carbocycles. The molecule has 7 heteroatoms. The Morgan fingerprint density at radius 3 is 2.54 bits per heavy atom. The second kappa shape index (κ2) is 11.2. The van der Waals surface area contributed by atoms with E-state index in [2.05, 4.69) is 17.2 Å². The zero-order valence-corrected chi connectivity index (χ0v) is 14.3. The van der Waals surface area contributed by atoms with E-state index in [0.717, 1.165) is 25.7 Å². The fourth-order valence-corrected chi connectivity index (χ4v) is 2.95. The van der Waals surface area contributed by atoms with Gasteiger partial charge in [0.15, 0.2) is 0 Å². The summed E-state index contributed by atoms with van der Waals surface area (Å²) in [5.74, 6) is -0.934. The van der Waals surface area contributed by atoms with Crippen LogP contribution >= 0.6 is 0 Å². The number of ether oxygens (including phenoxy) is 1. The number of aliphatic hydroxyl groups is 2. The number of carbonyl (C=O) groups excluding carboxylic acids is 2. The number of hydrogen-bond acceptors (Lipinski definition) is 5. The van der Waals surface area contributed by atoms with Crippen molar-refractivity contribution in [3.8, 4) is 0 Å². The topological polar surface area (TPSA) is 108 Å². The molecule has 0 bridgehead atoms. The minimum absolute atomic E-state index is 0.0534. The standard InChI is InChI=1S/C17H30N2O5/c1-2-5-14(12-15(22)18-8-10-24-11-9-20)16(23)19-17(13-21)6-3-4-7-17/h2,14,20-21H,1,3-13H2,(H,18,22)(H,19,23). The molecule has 1 atom stereocenters. The highest BCUT2D eigenvalue weighted by atomic mass is 16.5. The molecule has 1 aliphatic carbocycles. The summed E-state index contributed by atoms with van der Waals surface area (Å²) in [7, 11) is 0. The average Bonchev–Trinajstić information content (AvgIpc) is 3.03. The van der Waals surface area contributed by atoms with Gasteiger partial charge in [0.2, 0.25) is 11.8 Å². The van der Waals surface area contributed by atoms with E-state index >= 15 is 0 Å². The van der Waals surface area contributed by atoms with Gasteiger partial charge in [-0.15, -0.1) is 6.58 Å². The molecule has 1 unspecified atom stereocenters. The number of allylic oxidation sites excluding steroid dienone is 1. The quantitative estimate of drug-likeness (QED) is 0.297. The van der Waals surface area contributed by atoms with E-state index in [1.54, 1.807) is 6.08 Å². The van der Waals surface area contributed by atoms with Gasteiger partial charge in [-0.25, -0.2) is 0 Å². The summed E-state index contributed by atoms with van der Waals surface area (Å²) in [5, 5.41) is 23.8. The van der Waals surface area contributed by atoms with Crippen LogP contribution in [-0.2, 0) is 14.3 Å². The van der Waals surface area contributed by atoms with E-state index < -0.39 is 11.5 Å². The van der Waals surface area contributed by atoms with Crippen molar-refractivity contribution in [3.05, 3.63) is 12.7 Å². The van der Waals surface area contributed by atoms with Crippen LogP contribution < -0.4 is 10.6 Å². The smallest absolute Gasteiger partial charge is 0.224 e. The van der Waals surface area contributed by atoms with Crippen molar-refractivity contribution in [2.75, 3.05) is 33.0 Å². The Hall–Kier alpha value is -1.44. The van der Waals surface area contributed by atoms with Crippen molar-refractivity contribution in [2.45, 2.75) is 44.1 Å². The predicted octanol–water partition coefficient (Wildman–Crippen LogP) is 0.115. The summed E-state index contributed by atoms with van der Waals surface area (Å²) in [6.45, 7) is 4.41. The zero-order valence-electron chi connectivity index (χ0n) is 14.3. The molecule has 0 aromatic carbocycles. The Labute approximate surface area is 143 Å². The van der Waals surface area contributed by atoms with Crippen LogP contribution in [0.5, 0.6) is 0 Å². The molecule has 0 spiro atoms. The molecule has 0 aromatic rings. The predicted molar refractivity (Wildman–Crippen MR) is 90.3 cm³/mol. The molecule has 24 heavy (non-hydrogen) atoms. The molecule has 0 aromatic heterocycles. The van der Waals surface area contributed by atoms with Crippen molar-refractivity contribution in [2.24, 2.45) is 5.92 Å². The lowest BCUT2D eigenvalue weighted by molar-refractivity contribution is -0.132. The minimum Gasteiger partial charge on any atom is -0.394 e. The van der Waals surface area contributed by atoms with Crippen LogP contribution in [0.4, 0.5) is 0 Å². The summed E-state index contributed by atoms with van der Waals surface area (Å²) >= 11 is 0. The summed E-state index contributed by atoms with van der Waals surface area (Å²) in [5.41, 5.74) is -0.537. The van der Waals surface area contributed by atoms with Gasteiger partial charge in [-0.05, 0) is 19.3 Å². The Morgan fingerprint density at radius 1 is 1.25 bits per heavy atom. The van der Waals surface area contributed by atoms with Crippen molar-refractivity contribution >= 4 is 11.8 Å². The number of nitrogens with one attached hydrogen (secondary N) is 2. The Bertz CT molecular complexity index is 408. The van der Waals surface area contributed by atoms with Crippen LogP contribution in [0.15, 0.2) is 12.7 Å². The molecule has 7 nitrogen and oxygen atoms in total. The highest BCUT2D eigenvalue weighted by Gasteiger charge is 2.36. The fourth-order valence-electron chi connectivity index (χ4n) is 2.95. The van der Waals surface area contributed by atoms with E-state index in [0.29, 0.717) is 19.6 Å². The molecule has 2 amide bonds. The molecule has 1 rings (SSSR count). The van der Waals surface area contributed by atoms with Gasteiger partial charge in [-0.1, -0.05) is 18.9 Å². The molecule has 1 fully saturated rings. The van der Waals surface area contributed by atoms with Gasteiger partial charge >= 0.3 is 0 Å². The molecular weight excluding hydrogens is 312 g/mol. The molecule has 138 valence electrons. The van der Waals surface area contributed by atoms with Gasteiger partial charge < -0.3 is 25.6 Å². The van der Waals surface area contributed by atoms with Crippen LogP contribution in [0.25, 0.3) is 0 Å². The summed E-state index contributed by atoms with van der Waals surface area (Å²) in [6, 6.07) is 0. The minimum atomic E-state index is -0.537. The highest BCUT2D eigenvalue weighted by molar-refractivity contribution is 5.86. The second-order valence-electron chi connectivity index (χ2n) is 6.25. The van der Waals surface area contributed by atoms with Gasteiger partial charge in [0.25, 0.3) is 0 Å². The molecule has 0 heterocycles. The van der Waals surface area contributed by atoms with Crippen LogP contribution in [0.3, 0.4) is 0 Å². The van der Waals surface area contributed by atoms with E-state index in [1.807, 2.05) is 0 Å². The second-order valence-corrected chi connectivity index (χ2v) is 6.25. The van der Waals surface area contributed by atoms with Gasteiger partial charge in [0.05, 0.1) is 37.9 Å². The lowest BCUT2D eigenvalue weighted by atomic mass is 9.94. The largest absolute Gasteiger partial charge is 0.394 e. The molecule has 0 saturated heterocycles. The van der Waals surface area contributed by atoms with E-state index in [9.17, 15) is 14.7 Å². The van der Waals surface area contributed by atoms with Crippen molar-refractivity contribution in [1.82, 2.24) is 10.6 Å². The number of hydrogen-bond donors (Lipinski definition) is 4. The summed E-state index contributed by atoms with van der Waals surface area (Å²) in [4.78, 5) is 24.5. The zero-order chi connectivity index (χ0) is 17.8. The first-order chi connectivity index (χ1) is 11.6. The maximum Gasteiger partial charge on any atom is 0.224 e. The maximum atomic E-state index is 12.5. The molecule has 4 N–H and O–H groups in total. The fraction of sp³-hybridized carbons (Fsp3) is 0.765. The lowest BCUT2D eigenvalue weighted by Gasteiger charge is -2.30. The van der Waals surface area contributed by atoms with Crippen LogP contribution in [0.1, 0.15) is 38.5 Å². The molecular formula is C17H30N2O5. The van der Waals surface area contributed by atoms with Crippen molar-refractivity contribution in [1.29, 1.82) is 0 Å². The number of rotatable bonds is 12. The first-order valence-electron chi connectivity index (χ1n) is 8.56. The van der Waals surface area contributed by atoms with Gasteiger partial charge in [0.1, 0.15) is 0 Å². The van der Waals surface area contributed by atoms with Crippen LogP contribution in [0, 0.1) is 5.92 Å². The van der Waals surface area contributed by atoms with Gasteiger partial charge in [-0.2, -0.15) is 0 Å². The first kappa shape index (κ1) is 20.6. The van der Waals surface area contributed by atoms with E-state index in [1.165, 1.54) is 0 Å². The van der Waals surface area contributed by atoms with Crippen molar-refractivity contribution in [3.63, 3.8) is 0 Å². The Morgan fingerprint density at radius 2 is 1.96 bits per heavy atom. The number of aliphatic hydroxyl groups excluding tert-OH is 2. The average molecular weight is 342 g/mol. The molecule has 0 aliphatic heterocycles. The Kier molecular flexibility index (Phi) is 9.59. The number of carbonyl (C=O) groups is 2. The van der Waals surface area contributed by atoms with Crippen LogP contribution in [-0.4, -0.2) is 60.5 Å². The molecule has 0 radical (unpaired) electrons. The monoisotopic (exact) mass is 342 g/mol.